The minimum atomic E-state index is -5.84. The minimum absolute atomic E-state index is 0.196. The van der Waals surface area contributed by atoms with Gasteiger partial charge in [-0.25, -0.2) is 0 Å². The van der Waals surface area contributed by atoms with Crippen molar-refractivity contribution in [2.45, 2.75) is 30.9 Å². The molecule has 0 amide bonds. The van der Waals surface area contributed by atoms with Gasteiger partial charge in [-0.3, -0.25) is 4.90 Å². The number of alkyl halides is 3. The van der Waals surface area contributed by atoms with Gasteiger partial charge in [0.15, 0.2) is 6.10 Å². The van der Waals surface area contributed by atoms with Crippen LogP contribution in [0.15, 0.2) is 72.8 Å². The van der Waals surface area contributed by atoms with Gasteiger partial charge in [0.05, 0.1) is 7.11 Å². The number of likely N-dealkylation sites (tertiary alicyclic amines) is 1. The van der Waals surface area contributed by atoms with Gasteiger partial charge in [-0.15, -0.1) is 0 Å². The maximum absolute atomic E-state index is 13.0. The van der Waals surface area contributed by atoms with Crippen LogP contribution in [0.25, 0.3) is 21.9 Å². The highest BCUT2D eigenvalue weighted by Crippen LogP contribution is 2.49. The Bertz CT molecular complexity index is 1740. The summed E-state index contributed by atoms with van der Waals surface area (Å²) in [6.45, 7) is 3.63. The zero-order chi connectivity index (χ0) is 30.2. The van der Waals surface area contributed by atoms with E-state index >= 15 is 0 Å². The molecular weight excluding hydrogens is 583 g/mol. The van der Waals surface area contributed by atoms with E-state index in [1.807, 2.05) is 54.6 Å². The third kappa shape index (κ3) is 5.96. The molecule has 0 saturated carbocycles. The van der Waals surface area contributed by atoms with Crippen molar-refractivity contribution in [3.8, 4) is 34.1 Å². The first-order chi connectivity index (χ1) is 20.6. The lowest BCUT2D eigenvalue weighted by atomic mass is 9.86. The second-order valence-electron chi connectivity index (χ2n) is 10.6. The Labute approximate surface area is 247 Å². The highest BCUT2D eigenvalue weighted by Gasteiger charge is 2.48. The van der Waals surface area contributed by atoms with E-state index in [1.165, 1.54) is 37.5 Å². The van der Waals surface area contributed by atoms with Crippen LogP contribution in [0.3, 0.4) is 0 Å². The summed E-state index contributed by atoms with van der Waals surface area (Å²) >= 11 is 0. The predicted octanol–water partition coefficient (Wildman–Crippen LogP) is 7.09. The average Bonchev–Trinajstić information content (AvgIpc) is 3.00. The Hall–Kier alpha value is -3.96. The minimum Gasteiger partial charge on any atom is -0.497 e. The third-order valence-corrected chi connectivity index (χ3v) is 8.79. The number of rotatable bonds is 8. The van der Waals surface area contributed by atoms with Crippen molar-refractivity contribution in [1.82, 2.24) is 4.90 Å². The largest absolute Gasteiger partial charge is 0.534 e. The maximum atomic E-state index is 13.0. The van der Waals surface area contributed by atoms with Gasteiger partial charge in [0.1, 0.15) is 29.6 Å². The molecule has 2 aliphatic heterocycles. The van der Waals surface area contributed by atoms with Crippen LogP contribution in [-0.2, 0) is 10.1 Å². The SMILES string of the molecule is COc1ccc2c3c(ccc2c1)-c1ccc(OS(=O)(=O)C(F)(F)F)cc1OC3c1ccc(OCCN2CCCCC2)cc1. The number of methoxy groups -OCH3 is 1. The Morgan fingerprint density at radius 3 is 2.28 bits per heavy atom. The number of fused-ring (bicyclic) bond motifs is 5. The fraction of sp³-hybridized carbons (Fsp3) is 0.312. The topological polar surface area (TPSA) is 74.3 Å². The second kappa shape index (κ2) is 11.6. The predicted molar refractivity (Wildman–Crippen MR) is 156 cm³/mol. The molecule has 1 atom stereocenters. The number of benzene rings is 4. The Morgan fingerprint density at radius 1 is 0.860 bits per heavy atom. The monoisotopic (exact) mass is 613 g/mol. The van der Waals surface area contributed by atoms with Crippen LogP contribution in [0.5, 0.6) is 23.0 Å². The smallest absolute Gasteiger partial charge is 0.497 e. The second-order valence-corrected chi connectivity index (χ2v) is 12.1. The van der Waals surface area contributed by atoms with Gasteiger partial charge in [-0.2, -0.15) is 21.6 Å². The number of halogens is 3. The van der Waals surface area contributed by atoms with Gasteiger partial charge in [0.2, 0.25) is 0 Å². The quantitative estimate of drug-likeness (QED) is 0.155. The zero-order valence-electron chi connectivity index (χ0n) is 23.4. The Kier molecular flexibility index (Phi) is 7.87. The number of piperidine rings is 1. The Morgan fingerprint density at radius 2 is 1.56 bits per heavy atom. The molecule has 1 fully saturated rings. The zero-order valence-corrected chi connectivity index (χ0v) is 24.2. The number of ether oxygens (including phenoxy) is 3. The fourth-order valence-corrected chi connectivity index (χ4v) is 6.11. The maximum Gasteiger partial charge on any atom is 0.534 e. The molecule has 7 nitrogen and oxygen atoms in total. The summed E-state index contributed by atoms with van der Waals surface area (Å²) in [6.07, 6.45) is 3.05. The van der Waals surface area contributed by atoms with Gasteiger partial charge in [-0.05, 0) is 84.2 Å². The Balaban J connectivity index is 1.34. The van der Waals surface area contributed by atoms with Gasteiger partial charge in [0.25, 0.3) is 0 Å². The fourth-order valence-electron chi connectivity index (χ4n) is 5.66. The molecule has 0 bridgehead atoms. The van der Waals surface area contributed by atoms with Crippen LogP contribution in [-0.4, -0.2) is 52.2 Å². The van der Waals surface area contributed by atoms with Crippen molar-refractivity contribution in [3.05, 3.63) is 83.9 Å². The lowest BCUT2D eigenvalue weighted by Gasteiger charge is -2.31. The van der Waals surface area contributed by atoms with E-state index in [4.69, 9.17) is 14.2 Å². The average molecular weight is 614 g/mol. The summed E-state index contributed by atoms with van der Waals surface area (Å²) in [5.41, 5.74) is -2.51. The molecule has 0 aromatic heterocycles. The summed E-state index contributed by atoms with van der Waals surface area (Å²) < 4.78 is 84.5. The van der Waals surface area contributed by atoms with Crippen molar-refractivity contribution in [2.75, 3.05) is 33.4 Å². The van der Waals surface area contributed by atoms with E-state index in [0.717, 1.165) is 47.1 Å². The van der Waals surface area contributed by atoms with E-state index in [0.29, 0.717) is 23.7 Å². The van der Waals surface area contributed by atoms with Crippen LogP contribution in [0.2, 0.25) is 0 Å². The van der Waals surface area contributed by atoms with E-state index < -0.39 is 27.5 Å². The van der Waals surface area contributed by atoms with Crippen molar-refractivity contribution in [2.24, 2.45) is 0 Å². The van der Waals surface area contributed by atoms with Crippen molar-refractivity contribution in [1.29, 1.82) is 0 Å². The highest BCUT2D eigenvalue weighted by atomic mass is 32.2. The van der Waals surface area contributed by atoms with Crippen molar-refractivity contribution < 1.29 is 40.0 Å². The lowest BCUT2D eigenvalue weighted by Crippen LogP contribution is -2.33. The molecule has 11 heteroatoms. The number of hydrogen-bond acceptors (Lipinski definition) is 7. The van der Waals surface area contributed by atoms with Crippen molar-refractivity contribution >= 4 is 20.9 Å². The van der Waals surface area contributed by atoms with Crippen LogP contribution in [0.4, 0.5) is 13.2 Å². The third-order valence-electron chi connectivity index (χ3n) is 7.82. The van der Waals surface area contributed by atoms with E-state index in [1.54, 1.807) is 7.11 Å². The molecule has 1 saturated heterocycles. The molecule has 1 unspecified atom stereocenters. The molecule has 2 aliphatic rings. The van der Waals surface area contributed by atoms with Gasteiger partial charge in [-0.1, -0.05) is 36.8 Å². The highest BCUT2D eigenvalue weighted by molar-refractivity contribution is 7.88. The van der Waals surface area contributed by atoms with E-state index in [2.05, 4.69) is 9.08 Å². The number of nitrogens with zero attached hydrogens (tertiary/aromatic N) is 1. The molecule has 6 rings (SSSR count). The van der Waals surface area contributed by atoms with E-state index in [-0.39, 0.29) is 5.75 Å². The molecule has 226 valence electrons. The summed E-state index contributed by atoms with van der Waals surface area (Å²) in [5, 5.41) is 1.83. The van der Waals surface area contributed by atoms with Crippen molar-refractivity contribution in [3.63, 3.8) is 0 Å². The molecule has 0 radical (unpaired) electrons. The molecule has 0 spiro atoms. The molecule has 2 heterocycles. The summed E-state index contributed by atoms with van der Waals surface area (Å²) in [5.74, 6) is 1.11. The van der Waals surface area contributed by atoms with Crippen LogP contribution < -0.4 is 18.4 Å². The molecule has 43 heavy (non-hydrogen) atoms. The van der Waals surface area contributed by atoms with Crippen LogP contribution >= 0.6 is 0 Å². The summed E-state index contributed by atoms with van der Waals surface area (Å²) in [6, 6.07) is 20.9. The first kappa shape index (κ1) is 29.1. The molecule has 4 aromatic rings. The lowest BCUT2D eigenvalue weighted by molar-refractivity contribution is -0.0500. The standard InChI is InChI=1S/C32H30F3NO6S/c1-39-24-10-13-26-22(19-24)7-12-28-27-14-11-25(42-43(37,38)32(33,34)35)20-29(27)41-31(30(26)28)21-5-8-23(9-6-21)40-18-17-36-15-3-2-4-16-36/h5-14,19-20,31H,2-4,15-18H2,1H3. The molecular formula is C32H30F3NO6S. The first-order valence-electron chi connectivity index (χ1n) is 14.0. The van der Waals surface area contributed by atoms with Crippen LogP contribution in [0.1, 0.15) is 36.5 Å². The summed E-state index contributed by atoms with van der Waals surface area (Å²) in [7, 11) is -4.25. The number of hydrogen-bond donors (Lipinski definition) is 0. The molecule has 0 N–H and O–H groups in total. The molecule has 4 aromatic carbocycles. The normalized spacial score (nSPS) is 17.1. The van der Waals surface area contributed by atoms with E-state index in [9.17, 15) is 21.6 Å². The molecule has 0 aliphatic carbocycles. The van der Waals surface area contributed by atoms with Gasteiger partial charge < -0.3 is 18.4 Å². The van der Waals surface area contributed by atoms with Crippen LogP contribution in [0, 0.1) is 0 Å². The van der Waals surface area contributed by atoms with Gasteiger partial charge in [0, 0.05) is 23.7 Å². The van der Waals surface area contributed by atoms with Gasteiger partial charge >= 0.3 is 15.6 Å². The summed E-state index contributed by atoms with van der Waals surface area (Å²) in [4.78, 5) is 2.40. The first-order valence-corrected chi connectivity index (χ1v) is 15.4.